The van der Waals surface area contributed by atoms with Crippen LogP contribution in [0.4, 0.5) is 0 Å². The van der Waals surface area contributed by atoms with Gasteiger partial charge in [0.1, 0.15) is 23.7 Å². The summed E-state index contributed by atoms with van der Waals surface area (Å²) in [6.07, 6.45) is -1.16. The largest absolute Gasteiger partial charge is 0.490 e. The third kappa shape index (κ3) is 4.39. The molecule has 1 N–H and O–H groups in total. The van der Waals surface area contributed by atoms with Gasteiger partial charge in [-0.3, -0.25) is 9.69 Å². The lowest BCUT2D eigenvalue weighted by Gasteiger charge is -2.35. The molecule has 1 atom stereocenters. The first-order chi connectivity index (χ1) is 12.5. The Balaban J connectivity index is 1.45. The minimum Gasteiger partial charge on any atom is -0.490 e. The second-order valence-corrected chi connectivity index (χ2v) is 6.49. The second kappa shape index (κ2) is 8.29. The summed E-state index contributed by atoms with van der Waals surface area (Å²) in [5.74, 6) is 0.387. The molecule has 1 aliphatic heterocycles. The number of aliphatic hydroxyl groups excluding tert-OH is 1. The van der Waals surface area contributed by atoms with Gasteiger partial charge >= 0.3 is 0 Å². The van der Waals surface area contributed by atoms with Gasteiger partial charge in [0.25, 0.3) is 5.91 Å². The Labute approximate surface area is 152 Å². The highest BCUT2D eigenvalue weighted by Crippen LogP contribution is 2.17. The van der Waals surface area contributed by atoms with Gasteiger partial charge in [-0.15, -0.1) is 0 Å². The first-order valence-corrected chi connectivity index (χ1v) is 8.70. The Kier molecular flexibility index (Phi) is 5.85. The maximum atomic E-state index is 12.4. The van der Waals surface area contributed by atoms with Crippen molar-refractivity contribution in [3.8, 4) is 5.75 Å². The Hall–Kier alpha value is -2.45. The fourth-order valence-electron chi connectivity index (χ4n) is 2.90. The Bertz CT molecular complexity index is 740. The summed E-state index contributed by atoms with van der Waals surface area (Å²) >= 11 is 0. The van der Waals surface area contributed by atoms with Gasteiger partial charge in [-0.25, -0.2) is 4.63 Å². The first kappa shape index (κ1) is 18.3. The van der Waals surface area contributed by atoms with Crippen LogP contribution in [0.3, 0.4) is 0 Å². The number of hydrogen-bond acceptors (Lipinski definition) is 7. The van der Waals surface area contributed by atoms with Crippen LogP contribution in [-0.4, -0.2) is 70.0 Å². The van der Waals surface area contributed by atoms with Gasteiger partial charge in [0.05, 0.1) is 0 Å². The van der Waals surface area contributed by atoms with E-state index < -0.39 is 6.10 Å². The zero-order valence-electron chi connectivity index (χ0n) is 15.1. The van der Waals surface area contributed by atoms with E-state index in [1.807, 2.05) is 38.1 Å². The van der Waals surface area contributed by atoms with Crippen molar-refractivity contribution >= 4 is 5.91 Å². The van der Waals surface area contributed by atoms with Crippen molar-refractivity contribution < 1.29 is 19.3 Å². The molecule has 8 nitrogen and oxygen atoms in total. The molecule has 1 amide bonds. The quantitative estimate of drug-likeness (QED) is 0.813. The lowest BCUT2D eigenvalue weighted by Crippen LogP contribution is -2.52. The van der Waals surface area contributed by atoms with Crippen molar-refractivity contribution in [2.24, 2.45) is 0 Å². The van der Waals surface area contributed by atoms with Crippen LogP contribution < -0.4 is 4.74 Å². The zero-order chi connectivity index (χ0) is 18.5. The molecule has 1 fully saturated rings. The van der Waals surface area contributed by atoms with E-state index in [-0.39, 0.29) is 12.5 Å². The molecular weight excluding hydrogens is 336 g/mol. The van der Waals surface area contributed by atoms with E-state index in [1.165, 1.54) is 0 Å². The molecule has 1 saturated heterocycles. The van der Waals surface area contributed by atoms with Crippen LogP contribution in [0.5, 0.6) is 5.75 Å². The third-order valence-electron chi connectivity index (χ3n) is 4.58. The van der Waals surface area contributed by atoms with Crippen LogP contribution in [0.15, 0.2) is 28.9 Å². The SMILES string of the molecule is Cc1ccccc1OC[C@H](O)C(=O)N1CCN(Cc2nonc2C)CC1. The summed E-state index contributed by atoms with van der Waals surface area (Å²) in [6, 6.07) is 7.53. The molecular formula is C18H24N4O4. The minimum absolute atomic E-state index is 0.0479. The normalized spacial score (nSPS) is 16.5. The molecule has 2 aromatic rings. The molecule has 26 heavy (non-hydrogen) atoms. The molecule has 1 aromatic carbocycles. The van der Waals surface area contributed by atoms with E-state index >= 15 is 0 Å². The van der Waals surface area contributed by atoms with E-state index in [9.17, 15) is 9.90 Å². The average Bonchev–Trinajstić information content (AvgIpc) is 3.05. The van der Waals surface area contributed by atoms with Gasteiger partial charge < -0.3 is 14.7 Å². The number of ether oxygens (including phenoxy) is 1. The highest BCUT2D eigenvalue weighted by atomic mass is 16.6. The number of carbonyl (C=O) groups is 1. The van der Waals surface area contributed by atoms with Crippen LogP contribution in [0.25, 0.3) is 0 Å². The highest BCUT2D eigenvalue weighted by Gasteiger charge is 2.27. The number of aryl methyl sites for hydroxylation is 2. The van der Waals surface area contributed by atoms with Crippen molar-refractivity contribution in [1.29, 1.82) is 0 Å². The zero-order valence-corrected chi connectivity index (χ0v) is 15.1. The summed E-state index contributed by atoms with van der Waals surface area (Å²) in [5, 5.41) is 17.8. The molecule has 0 spiro atoms. The van der Waals surface area contributed by atoms with Crippen molar-refractivity contribution in [2.75, 3.05) is 32.8 Å². The topological polar surface area (TPSA) is 91.9 Å². The Morgan fingerprint density at radius 2 is 1.96 bits per heavy atom. The van der Waals surface area contributed by atoms with Crippen LogP contribution in [0.1, 0.15) is 17.0 Å². The number of benzene rings is 1. The summed E-state index contributed by atoms with van der Waals surface area (Å²) in [6.45, 7) is 6.93. The Morgan fingerprint density at radius 3 is 2.62 bits per heavy atom. The summed E-state index contributed by atoms with van der Waals surface area (Å²) in [5.41, 5.74) is 2.57. The number of piperazine rings is 1. The lowest BCUT2D eigenvalue weighted by molar-refractivity contribution is -0.143. The Morgan fingerprint density at radius 1 is 1.23 bits per heavy atom. The predicted molar refractivity (Wildman–Crippen MR) is 93.6 cm³/mol. The smallest absolute Gasteiger partial charge is 0.255 e. The monoisotopic (exact) mass is 360 g/mol. The van der Waals surface area contributed by atoms with Crippen LogP contribution in [0, 0.1) is 13.8 Å². The van der Waals surface area contributed by atoms with Gasteiger partial charge in [0, 0.05) is 32.7 Å². The fraction of sp³-hybridized carbons (Fsp3) is 0.500. The van der Waals surface area contributed by atoms with Gasteiger partial charge in [0.2, 0.25) is 0 Å². The maximum Gasteiger partial charge on any atom is 0.255 e. The first-order valence-electron chi connectivity index (χ1n) is 8.70. The van der Waals surface area contributed by atoms with E-state index in [0.29, 0.717) is 38.5 Å². The molecule has 140 valence electrons. The van der Waals surface area contributed by atoms with Gasteiger partial charge in [-0.05, 0) is 25.5 Å². The number of nitrogens with zero attached hydrogens (tertiary/aromatic N) is 4. The number of para-hydroxylation sites is 1. The van der Waals surface area contributed by atoms with Gasteiger partial charge in [0.15, 0.2) is 6.10 Å². The average molecular weight is 360 g/mol. The van der Waals surface area contributed by atoms with E-state index in [1.54, 1.807) is 4.90 Å². The molecule has 8 heteroatoms. The standard InChI is InChI=1S/C18H24N4O4/c1-13-5-3-4-6-17(13)25-12-16(23)18(24)22-9-7-21(8-10-22)11-15-14(2)19-26-20-15/h3-6,16,23H,7-12H2,1-2H3/t16-/m0/s1. The van der Waals surface area contributed by atoms with Crippen molar-refractivity contribution in [1.82, 2.24) is 20.1 Å². The number of aliphatic hydroxyl groups is 1. The molecule has 2 heterocycles. The van der Waals surface area contributed by atoms with Crippen LogP contribution >= 0.6 is 0 Å². The van der Waals surface area contributed by atoms with Crippen LogP contribution in [-0.2, 0) is 11.3 Å². The maximum absolute atomic E-state index is 12.4. The second-order valence-electron chi connectivity index (χ2n) is 6.49. The van der Waals surface area contributed by atoms with E-state index in [4.69, 9.17) is 9.37 Å². The fourth-order valence-corrected chi connectivity index (χ4v) is 2.90. The molecule has 0 radical (unpaired) electrons. The molecule has 1 aromatic heterocycles. The highest BCUT2D eigenvalue weighted by molar-refractivity contribution is 5.81. The van der Waals surface area contributed by atoms with E-state index in [0.717, 1.165) is 17.0 Å². The summed E-state index contributed by atoms with van der Waals surface area (Å²) < 4.78 is 10.3. The number of carbonyl (C=O) groups excluding carboxylic acids is 1. The third-order valence-corrected chi connectivity index (χ3v) is 4.58. The van der Waals surface area contributed by atoms with Gasteiger partial charge in [-0.2, -0.15) is 0 Å². The van der Waals surface area contributed by atoms with Crippen molar-refractivity contribution in [2.45, 2.75) is 26.5 Å². The lowest BCUT2D eigenvalue weighted by atomic mass is 10.2. The predicted octanol–water partition coefficient (Wildman–Crippen LogP) is 0.771. The molecule has 0 bridgehead atoms. The molecule has 3 rings (SSSR count). The number of amides is 1. The molecule has 0 saturated carbocycles. The van der Waals surface area contributed by atoms with Crippen molar-refractivity contribution in [3.63, 3.8) is 0 Å². The minimum atomic E-state index is -1.16. The number of rotatable bonds is 6. The van der Waals surface area contributed by atoms with Gasteiger partial charge in [-0.1, -0.05) is 28.5 Å². The molecule has 0 unspecified atom stereocenters. The number of aromatic nitrogens is 2. The van der Waals surface area contributed by atoms with Crippen molar-refractivity contribution in [3.05, 3.63) is 41.2 Å². The molecule has 1 aliphatic rings. The van der Waals surface area contributed by atoms with Crippen LogP contribution in [0.2, 0.25) is 0 Å². The summed E-state index contributed by atoms with van der Waals surface area (Å²) in [7, 11) is 0. The van der Waals surface area contributed by atoms with E-state index in [2.05, 4.69) is 15.2 Å². The molecule has 0 aliphatic carbocycles. The number of hydrogen-bond donors (Lipinski definition) is 1. The summed E-state index contributed by atoms with van der Waals surface area (Å²) in [4.78, 5) is 16.3.